The molecular weight excluding hydrogens is 292 g/mol. The first-order valence-corrected chi connectivity index (χ1v) is 6.62. The minimum atomic E-state index is 0. The Bertz CT molecular complexity index is 585. The number of nitrogens with zero attached hydrogens (tertiary/aromatic N) is 5. The lowest BCUT2D eigenvalue weighted by molar-refractivity contribution is 0.0709. The first kappa shape index (κ1) is 15.4. The predicted octanol–water partition coefficient (Wildman–Crippen LogP) is 0.647. The van der Waals surface area contributed by atoms with E-state index in [2.05, 4.69) is 15.5 Å². The Morgan fingerprint density at radius 1 is 1.29 bits per heavy atom. The average Bonchev–Trinajstić information content (AvgIpc) is 3.01. The minimum absolute atomic E-state index is 0. The first-order valence-electron chi connectivity index (χ1n) is 6.62. The van der Waals surface area contributed by atoms with Crippen molar-refractivity contribution in [2.75, 3.05) is 13.1 Å². The van der Waals surface area contributed by atoms with Crippen LogP contribution in [0, 0.1) is 0 Å². The number of likely N-dealkylation sites (tertiary alicyclic amines) is 1. The molecular formula is C13H17ClN6O. The molecule has 1 amide bonds. The van der Waals surface area contributed by atoms with Gasteiger partial charge in [-0.3, -0.25) is 4.79 Å². The van der Waals surface area contributed by atoms with Gasteiger partial charge in [-0.1, -0.05) is 0 Å². The van der Waals surface area contributed by atoms with Crippen LogP contribution in [0.1, 0.15) is 23.2 Å². The summed E-state index contributed by atoms with van der Waals surface area (Å²) in [7, 11) is 0. The normalized spacial score (nSPS) is 18.1. The molecule has 2 aromatic rings. The van der Waals surface area contributed by atoms with Crippen LogP contribution in [0.5, 0.6) is 0 Å². The van der Waals surface area contributed by atoms with Crippen molar-refractivity contribution in [3.05, 3.63) is 36.2 Å². The van der Waals surface area contributed by atoms with Crippen LogP contribution in [0.25, 0.3) is 5.69 Å². The van der Waals surface area contributed by atoms with Gasteiger partial charge in [-0.05, 0) is 47.5 Å². The summed E-state index contributed by atoms with van der Waals surface area (Å²) in [5.41, 5.74) is 7.39. The molecule has 8 heteroatoms. The molecule has 1 aromatic carbocycles. The maximum Gasteiger partial charge on any atom is 0.253 e. The van der Waals surface area contributed by atoms with Gasteiger partial charge in [0.15, 0.2) is 0 Å². The van der Waals surface area contributed by atoms with Crippen molar-refractivity contribution in [1.82, 2.24) is 25.1 Å². The van der Waals surface area contributed by atoms with Crippen molar-refractivity contribution in [3.63, 3.8) is 0 Å². The Hall–Kier alpha value is -1.99. The lowest BCUT2D eigenvalue weighted by Crippen LogP contribution is -2.45. The van der Waals surface area contributed by atoms with Gasteiger partial charge in [-0.25, -0.2) is 4.68 Å². The highest BCUT2D eigenvalue weighted by molar-refractivity contribution is 5.94. The highest BCUT2D eigenvalue weighted by Gasteiger charge is 2.22. The fraction of sp³-hybridized carbons (Fsp3) is 0.385. The largest absolute Gasteiger partial charge is 0.337 e. The molecule has 0 aliphatic carbocycles. The number of aromatic nitrogens is 4. The summed E-state index contributed by atoms with van der Waals surface area (Å²) in [6.07, 6.45) is 3.47. The second kappa shape index (κ2) is 6.64. The lowest BCUT2D eigenvalue weighted by atomic mass is 10.1. The quantitative estimate of drug-likeness (QED) is 0.879. The molecule has 0 saturated carbocycles. The number of benzene rings is 1. The van der Waals surface area contributed by atoms with Crippen molar-refractivity contribution in [1.29, 1.82) is 0 Å². The number of nitrogens with two attached hydrogens (primary N) is 1. The van der Waals surface area contributed by atoms with Gasteiger partial charge >= 0.3 is 0 Å². The van der Waals surface area contributed by atoms with Gasteiger partial charge in [0.1, 0.15) is 6.33 Å². The van der Waals surface area contributed by atoms with Gasteiger partial charge in [0, 0.05) is 24.7 Å². The number of amides is 1. The van der Waals surface area contributed by atoms with Crippen LogP contribution in [0.15, 0.2) is 30.6 Å². The van der Waals surface area contributed by atoms with Gasteiger partial charge in [0.2, 0.25) is 0 Å². The molecule has 1 aromatic heterocycles. The number of rotatable bonds is 2. The molecule has 0 bridgehead atoms. The zero-order chi connectivity index (χ0) is 13.9. The third-order valence-corrected chi connectivity index (χ3v) is 3.47. The summed E-state index contributed by atoms with van der Waals surface area (Å²) in [5, 5.41) is 11.0. The molecule has 0 spiro atoms. The molecule has 1 saturated heterocycles. The van der Waals surface area contributed by atoms with E-state index in [9.17, 15) is 4.79 Å². The van der Waals surface area contributed by atoms with E-state index in [1.807, 2.05) is 17.0 Å². The maximum absolute atomic E-state index is 12.4. The van der Waals surface area contributed by atoms with Gasteiger partial charge in [0.05, 0.1) is 5.69 Å². The molecule has 2 N–H and O–H groups in total. The van der Waals surface area contributed by atoms with Crippen molar-refractivity contribution in [2.24, 2.45) is 5.73 Å². The van der Waals surface area contributed by atoms with E-state index in [1.54, 1.807) is 16.8 Å². The zero-order valence-corrected chi connectivity index (χ0v) is 12.2. The second-order valence-corrected chi connectivity index (χ2v) is 4.95. The Morgan fingerprint density at radius 3 is 2.67 bits per heavy atom. The number of tetrazole rings is 1. The van der Waals surface area contributed by atoms with Gasteiger partial charge in [0.25, 0.3) is 5.91 Å². The SMILES string of the molecule is Cl.NC1CCCN(C(=O)c2ccc(-n3cnnn3)cc2)C1. The molecule has 1 aliphatic heterocycles. The fourth-order valence-corrected chi connectivity index (χ4v) is 2.41. The van der Waals surface area contributed by atoms with E-state index in [-0.39, 0.29) is 24.4 Å². The van der Waals surface area contributed by atoms with Crippen LogP contribution >= 0.6 is 12.4 Å². The van der Waals surface area contributed by atoms with Gasteiger partial charge < -0.3 is 10.6 Å². The van der Waals surface area contributed by atoms with Crippen molar-refractivity contribution in [3.8, 4) is 5.69 Å². The summed E-state index contributed by atoms with van der Waals surface area (Å²) < 4.78 is 1.55. The van der Waals surface area contributed by atoms with Crippen LogP contribution in [0.4, 0.5) is 0 Å². The predicted molar refractivity (Wildman–Crippen MR) is 79.5 cm³/mol. The summed E-state index contributed by atoms with van der Waals surface area (Å²) >= 11 is 0. The third-order valence-electron chi connectivity index (χ3n) is 3.47. The van der Waals surface area contributed by atoms with Crippen molar-refractivity contribution < 1.29 is 4.79 Å². The number of hydrogen-bond acceptors (Lipinski definition) is 5. The van der Waals surface area contributed by atoms with Crippen LogP contribution in [0.2, 0.25) is 0 Å². The highest BCUT2D eigenvalue weighted by Crippen LogP contribution is 2.14. The molecule has 1 aliphatic rings. The van der Waals surface area contributed by atoms with Crippen LogP contribution in [-0.2, 0) is 0 Å². The molecule has 7 nitrogen and oxygen atoms in total. The van der Waals surface area contributed by atoms with Gasteiger partial charge in [-0.15, -0.1) is 17.5 Å². The van der Waals surface area contributed by atoms with E-state index in [0.29, 0.717) is 12.1 Å². The lowest BCUT2D eigenvalue weighted by Gasteiger charge is -2.30. The molecule has 1 unspecified atom stereocenters. The molecule has 3 rings (SSSR count). The number of piperidine rings is 1. The second-order valence-electron chi connectivity index (χ2n) is 4.95. The summed E-state index contributed by atoms with van der Waals surface area (Å²) in [4.78, 5) is 14.2. The summed E-state index contributed by atoms with van der Waals surface area (Å²) in [6, 6.07) is 7.33. The van der Waals surface area contributed by atoms with E-state index in [4.69, 9.17) is 5.73 Å². The summed E-state index contributed by atoms with van der Waals surface area (Å²) in [6.45, 7) is 1.41. The first-order chi connectivity index (χ1) is 9.74. The third kappa shape index (κ3) is 3.37. The van der Waals surface area contributed by atoms with Crippen LogP contribution in [0.3, 0.4) is 0 Å². The average molecular weight is 309 g/mol. The minimum Gasteiger partial charge on any atom is -0.337 e. The van der Waals surface area contributed by atoms with Crippen molar-refractivity contribution >= 4 is 18.3 Å². The zero-order valence-electron chi connectivity index (χ0n) is 11.4. The standard InChI is InChI=1S/C13H16N6O.ClH/c14-11-2-1-7-18(8-11)13(20)10-3-5-12(6-4-10)19-9-15-16-17-19;/h3-6,9,11H,1-2,7-8,14H2;1H. The number of carbonyl (C=O) groups is 1. The maximum atomic E-state index is 12.4. The number of carbonyl (C=O) groups excluding carboxylic acids is 1. The molecule has 2 heterocycles. The molecule has 1 fully saturated rings. The van der Waals surface area contributed by atoms with Crippen LogP contribution < -0.4 is 5.73 Å². The highest BCUT2D eigenvalue weighted by atomic mass is 35.5. The Kier molecular flexibility index (Phi) is 4.87. The molecule has 21 heavy (non-hydrogen) atoms. The van der Waals surface area contributed by atoms with E-state index >= 15 is 0 Å². The number of halogens is 1. The fourth-order valence-electron chi connectivity index (χ4n) is 2.41. The smallest absolute Gasteiger partial charge is 0.253 e. The van der Waals surface area contributed by atoms with Crippen molar-refractivity contribution in [2.45, 2.75) is 18.9 Å². The van der Waals surface area contributed by atoms with Crippen LogP contribution in [-0.4, -0.2) is 50.1 Å². The van der Waals surface area contributed by atoms with Gasteiger partial charge in [-0.2, -0.15) is 0 Å². The Balaban J connectivity index is 0.00000161. The molecule has 1 atom stereocenters. The summed E-state index contributed by atoms with van der Waals surface area (Å²) in [5.74, 6) is 0.0309. The van der Waals surface area contributed by atoms with E-state index in [1.165, 1.54) is 6.33 Å². The number of hydrogen-bond donors (Lipinski definition) is 1. The van der Waals surface area contributed by atoms with E-state index < -0.39 is 0 Å². The monoisotopic (exact) mass is 308 g/mol. The topological polar surface area (TPSA) is 89.9 Å². The molecule has 0 radical (unpaired) electrons. The Morgan fingerprint density at radius 2 is 2.05 bits per heavy atom. The molecule has 112 valence electrons. The van der Waals surface area contributed by atoms with E-state index in [0.717, 1.165) is 25.1 Å². The Labute approximate surface area is 128 Å².